The van der Waals surface area contributed by atoms with Crippen LogP contribution in [0.15, 0.2) is 24.3 Å². The van der Waals surface area contributed by atoms with Crippen molar-refractivity contribution in [2.75, 3.05) is 6.61 Å². The van der Waals surface area contributed by atoms with Crippen LogP contribution in [0.5, 0.6) is 0 Å². The molecule has 0 rings (SSSR count). The van der Waals surface area contributed by atoms with E-state index >= 15 is 0 Å². The maximum absolute atomic E-state index is 12.6. The number of hydrogen-bond acceptors (Lipinski definition) is 5. The first kappa shape index (κ1) is 60.8. The summed E-state index contributed by atoms with van der Waals surface area (Å²) in [6, 6.07) is -1.01. The summed E-state index contributed by atoms with van der Waals surface area (Å²) in [7, 11) is 0. The zero-order valence-corrected chi connectivity index (χ0v) is 41.6. The van der Waals surface area contributed by atoms with Crippen LogP contribution in [0.3, 0.4) is 0 Å². The van der Waals surface area contributed by atoms with Crippen molar-refractivity contribution < 1.29 is 25.2 Å². The molecule has 0 radical (unpaired) electrons. The molecule has 4 atom stereocenters. The van der Waals surface area contributed by atoms with Gasteiger partial charge in [-0.2, -0.15) is 0 Å². The third kappa shape index (κ3) is 44.0. The molecule has 4 unspecified atom stereocenters. The molecular formula is C56H109NO5. The van der Waals surface area contributed by atoms with Gasteiger partial charge in [-0.25, -0.2) is 0 Å². The number of hydrogen-bond donors (Lipinski definition) is 5. The van der Waals surface area contributed by atoms with Crippen molar-refractivity contribution in [3.8, 4) is 0 Å². The molecule has 6 nitrogen and oxygen atoms in total. The van der Waals surface area contributed by atoms with Crippen LogP contribution in [0.25, 0.3) is 0 Å². The minimum absolute atomic E-state index is 0.350. The normalized spacial score (nSPS) is 14.0. The first-order valence-corrected chi connectivity index (χ1v) is 27.7. The van der Waals surface area contributed by atoms with Crippen molar-refractivity contribution in [3.05, 3.63) is 24.3 Å². The zero-order chi connectivity index (χ0) is 45.2. The van der Waals surface area contributed by atoms with E-state index in [-0.39, 0.29) is 0 Å². The highest BCUT2D eigenvalue weighted by Crippen LogP contribution is 2.17. The fourth-order valence-electron chi connectivity index (χ4n) is 8.75. The van der Waals surface area contributed by atoms with Gasteiger partial charge in [0.15, 0.2) is 0 Å². The van der Waals surface area contributed by atoms with E-state index in [0.29, 0.717) is 12.8 Å². The summed E-state index contributed by atoms with van der Waals surface area (Å²) < 4.78 is 0. The van der Waals surface area contributed by atoms with Gasteiger partial charge in [-0.1, -0.05) is 256 Å². The van der Waals surface area contributed by atoms with Crippen molar-refractivity contribution in [1.82, 2.24) is 5.32 Å². The Bertz CT molecular complexity index is 939. The lowest BCUT2D eigenvalue weighted by molar-refractivity contribution is -0.132. The molecule has 0 saturated heterocycles. The lowest BCUT2D eigenvalue weighted by Gasteiger charge is -2.27. The maximum atomic E-state index is 12.6. The van der Waals surface area contributed by atoms with Gasteiger partial charge in [-0.15, -0.1) is 0 Å². The fraction of sp³-hybridized carbons (Fsp3) is 0.911. The number of amides is 1. The van der Waals surface area contributed by atoms with Crippen LogP contribution in [0.2, 0.25) is 0 Å². The fourth-order valence-corrected chi connectivity index (χ4v) is 8.75. The summed E-state index contributed by atoms with van der Waals surface area (Å²) in [5.41, 5.74) is 0. The van der Waals surface area contributed by atoms with E-state index in [1.165, 1.54) is 218 Å². The predicted octanol–water partition coefficient (Wildman–Crippen LogP) is 15.9. The van der Waals surface area contributed by atoms with Crippen LogP contribution in [0, 0.1) is 0 Å². The van der Waals surface area contributed by atoms with Crippen molar-refractivity contribution in [1.29, 1.82) is 0 Å². The lowest BCUT2D eigenvalue weighted by Crippen LogP contribution is -2.53. The Morgan fingerprint density at radius 3 is 0.968 bits per heavy atom. The summed E-state index contributed by atoms with van der Waals surface area (Å²) in [5.74, 6) is -0.599. The highest BCUT2D eigenvalue weighted by Gasteiger charge is 2.28. The monoisotopic (exact) mass is 876 g/mol. The highest BCUT2D eigenvalue weighted by molar-refractivity contribution is 5.80. The Morgan fingerprint density at radius 2 is 0.661 bits per heavy atom. The Labute approximate surface area is 386 Å². The van der Waals surface area contributed by atoms with Crippen molar-refractivity contribution >= 4 is 5.91 Å². The molecule has 0 aromatic heterocycles. The number of aliphatic hydroxyl groups is 4. The molecule has 0 fully saturated rings. The van der Waals surface area contributed by atoms with Crippen LogP contribution in [-0.2, 0) is 4.79 Å². The SMILES string of the molecule is CCCCCCCCCCC/C=C\CCCCCCC(O)C(=O)NC(CO)C(O)C(O)CCC/C=C/CCCCCCCCCCCCCCCCCCCCCCCCCC. The number of allylic oxidation sites excluding steroid dienone is 4. The number of carbonyl (C=O) groups is 1. The molecule has 368 valence electrons. The molecule has 0 aromatic rings. The molecule has 0 aliphatic heterocycles. The summed E-state index contributed by atoms with van der Waals surface area (Å²) in [6.07, 6.45) is 61.1. The summed E-state index contributed by atoms with van der Waals surface area (Å²) in [5, 5.41) is 43.9. The molecule has 5 N–H and O–H groups in total. The first-order chi connectivity index (χ1) is 30.5. The van der Waals surface area contributed by atoms with Crippen LogP contribution in [0.1, 0.15) is 296 Å². The second-order valence-electron chi connectivity index (χ2n) is 19.3. The second-order valence-corrected chi connectivity index (χ2v) is 19.3. The minimum Gasteiger partial charge on any atom is -0.394 e. The number of carbonyl (C=O) groups excluding carboxylic acids is 1. The van der Waals surface area contributed by atoms with Gasteiger partial charge in [0.2, 0.25) is 5.91 Å². The molecule has 0 heterocycles. The highest BCUT2D eigenvalue weighted by atomic mass is 16.3. The largest absolute Gasteiger partial charge is 0.394 e. The van der Waals surface area contributed by atoms with E-state index in [4.69, 9.17) is 0 Å². The third-order valence-corrected chi connectivity index (χ3v) is 13.1. The molecule has 0 aliphatic carbocycles. The van der Waals surface area contributed by atoms with Crippen molar-refractivity contribution in [2.45, 2.75) is 321 Å². The first-order valence-electron chi connectivity index (χ1n) is 27.7. The Hall–Kier alpha value is -1.21. The Balaban J connectivity index is 3.64. The number of unbranched alkanes of at least 4 members (excludes halogenated alkanes) is 38. The molecular weight excluding hydrogens is 767 g/mol. The average molecular weight is 876 g/mol. The molecule has 0 bridgehead atoms. The van der Waals surface area contributed by atoms with E-state index < -0.39 is 36.9 Å². The average Bonchev–Trinajstić information content (AvgIpc) is 3.28. The Kier molecular flexibility index (Phi) is 49.8. The minimum atomic E-state index is -1.28. The predicted molar refractivity (Wildman–Crippen MR) is 270 cm³/mol. The molecule has 62 heavy (non-hydrogen) atoms. The van der Waals surface area contributed by atoms with Gasteiger partial charge in [0.1, 0.15) is 12.2 Å². The standard InChI is InChI=1S/C56H109NO5/c1-3-5-7-9-11-13-15-17-19-21-22-23-24-25-26-27-28-29-30-31-32-34-35-37-39-41-43-45-47-49-53(59)55(61)52(51-58)57-56(62)54(60)50-48-46-44-42-40-38-36-33-20-18-16-14-12-10-8-6-4-2/h36,38,41,43,52-55,58-61H,3-35,37,39-40,42,44-51H2,1-2H3,(H,57,62)/b38-36-,43-41+. The van der Waals surface area contributed by atoms with Gasteiger partial charge in [-0.3, -0.25) is 4.79 Å². The van der Waals surface area contributed by atoms with E-state index in [1.54, 1.807) is 0 Å². The van der Waals surface area contributed by atoms with Crippen LogP contribution >= 0.6 is 0 Å². The van der Waals surface area contributed by atoms with Gasteiger partial charge in [0, 0.05) is 0 Å². The van der Waals surface area contributed by atoms with Crippen molar-refractivity contribution in [2.24, 2.45) is 0 Å². The lowest BCUT2D eigenvalue weighted by atomic mass is 10.00. The van der Waals surface area contributed by atoms with Crippen molar-refractivity contribution in [3.63, 3.8) is 0 Å². The van der Waals surface area contributed by atoms with Crippen LogP contribution in [0.4, 0.5) is 0 Å². The third-order valence-electron chi connectivity index (χ3n) is 13.1. The van der Waals surface area contributed by atoms with E-state index in [2.05, 4.69) is 43.5 Å². The van der Waals surface area contributed by atoms with Crippen LogP contribution < -0.4 is 5.32 Å². The smallest absolute Gasteiger partial charge is 0.249 e. The van der Waals surface area contributed by atoms with E-state index in [0.717, 1.165) is 51.4 Å². The van der Waals surface area contributed by atoms with E-state index in [1.807, 2.05) is 0 Å². The topological polar surface area (TPSA) is 110 Å². The molecule has 0 aliphatic rings. The summed E-state index contributed by atoms with van der Waals surface area (Å²) in [6.45, 7) is 4.07. The molecule has 0 spiro atoms. The van der Waals surface area contributed by atoms with Crippen LogP contribution in [-0.4, -0.2) is 57.3 Å². The zero-order valence-electron chi connectivity index (χ0n) is 41.6. The van der Waals surface area contributed by atoms with Gasteiger partial charge in [-0.05, 0) is 64.2 Å². The number of nitrogens with one attached hydrogen (secondary N) is 1. The van der Waals surface area contributed by atoms with Gasteiger partial charge < -0.3 is 25.7 Å². The summed E-state index contributed by atoms with van der Waals surface area (Å²) in [4.78, 5) is 12.6. The second kappa shape index (κ2) is 50.8. The maximum Gasteiger partial charge on any atom is 0.249 e. The quantitative estimate of drug-likeness (QED) is 0.0309. The Morgan fingerprint density at radius 1 is 0.387 bits per heavy atom. The molecule has 0 saturated carbocycles. The number of aliphatic hydroxyl groups excluding tert-OH is 4. The molecule has 0 aromatic carbocycles. The molecule has 6 heteroatoms. The van der Waals surface area contributed by atoms with Gasteiger partial charge >= 0.3 is 0 Å². The van der Waals surface area contributed by atoms with E-state index in [9.17, 15) is 25.2 Å². The van der Waals surface area contributed by atoms with Gasteiger partial charge in [0.25, 0.3) is 0 Å². The molecule has 1 amide bonds. The number of rotatable bonds is 51. The van der Waals surface area contributed by atoms with Gasteiger partial charge in [0.05, 0.1) is 18.8 Å². The summed E-state index contributed by atoms with van der Waals surface area (Å²) >= 11 is 0.